The van der Waals surface area contributed by atoms with Gasteiger partial charge in [-0.2, -0.15) is 0 Å². The van der Waals surface area contributed by atoms with Crippen LogP contribution >= 0.6 is 0 Å². The van der Waals surface area contributed by atoms with Gasteiger partial charge in [0.15, 0.2) is 0 Å². The van der Waals surface area contributed by atoms with Gasteiger partial charge >= 0.3 is 0 Å². The number of piperidine rings is 1. The number of hydrogen-bond acceptors (Lipinski definition) is 3. The Labute approximate surface area is 134 Å². The number of ether oxygens (including phenoxy) is 1. The molecule has 0 amide bonds. The van der Waals surface area contributed by atoms with E-state index in [-0.39, 0.29) is 11.6 Å². The number of aliphatic hydroxyl groups excluding tert-OH is 1. The lowest BCUT2D eigenvalue weighted by atomic mass is 9.82. The Hall–Kier alpha value is -1.06. The van der Waals surface area contributed by atoms with E-state index in [9.17, 15) is 5.11 Å². The number of hydrogen-bond donors (Lipinski definition) is 1. The first kappa shape index (κ1) is 15.8. The summed E-state index contributed by atoms with van der Waals surface area (Å²) in [5.41, 5.74) is 1.77. The third kappa shape index (κ3) is 2.65. The third-order valence-electron chi connectivity index (χ3n) is 5.41. The molecule has 2 aliphatic heterocycles. The zero-order valence-corrected chi connectivity index (χ0v) is 14.3. The van der Waals surface area contributed by atoms with Crippen molar-refractivity contribution in [1.82, 2.24) is 4.90 Å². The number of likely N-dealkylation sites (tertiary alicyclic amines) is 1. The summed E-state index contributed by atoms with van der Waals surface area (Å²) in [7, 11) is 0. The normalized spacial score (nSPS) is 29.0. The Morgan fingerprint density at radius 2 is 1.95 bits per heavy atom. The number of aryl methyl sites for hydroxylation is 1. The van der Waals surface area contributed by atoms with Crippen molar-refractivity contribution in [1.29, 1.82) is 0 Å². The standard InChI is InChI=1S/C19H29NO2/c1-5-14-7-6-8-15-16(21)18(19(3,4)22-17(14)15)20-11-9-13(2)10-12-20/h6-8,13,16,18,21H,5,9-12H2,1-4H3. The molecule has 0 radical (unpaired) electrons. The second-order valence-electron chi connectivity index (χ2n) is 7.50. The number of rotatable bonds is 2. The minimum absolute atomic E-state index is 0.0274. The fourth-order valence-electron chi connectivity index (χ4n) is 4.06. The van der Waals surface area contributed by atoms with Crippen LogP contribution in [0.3, 0.4) is 0 Å². The molecule has 1 aromatic carbocycles. The van der Waals surface area contributed by atoms with Gasteiger partial charge in [-0.1, -0.05) is 32.0 Å². The first-order chi connectivity index (χ1) is 10.4. The fourth-order valence-corrected chi connectivity index (χ4v) is 4.06. The van der Waals surface area contributed by atoms with Crippen LogP contribution in [-0.2, 0) is 6.42 Å². The van der Waals surface area contributed by atoms with Gasteiger partial charge in [-0.25, -0.2) is 0 Å². The fraction of sp³-hybridized carbons (Fsp3) is 0.684. The monoisotopic (exact) mass is 303 g/mol. The predicted octanol–water partition coefficient (Wildman–Crippen LogP) is 3.55. The highest BCUT2D eigenvalue weighted by Gasteiger charge is 2.47. The molecule has 2 unspecified atom stereocenters. The van der Waals surface area contributed by atoms with Crippen LogP contribution in [0.5, 0.6) is 5.75 Å². The Bertz CT molecular complexity index is 532. The molecule has 3 nitrogen and oxygen atoms in total. The average molecular weight is 303 g/mol. The van der Waals surface area contributed by atoms with E-state index in [1.807, 2.05) is 12.1 Å². The van der Waals surface area contributed by atoms with Crippen LogP contribution in [0, 0.1) is 5.92 Å². The average Bonchev–Trinajstić information content (AvgIpc) is 2.48. The first-order valence-electron chi connectivity index (χ1n) is 8.67. The highest BCUT2D eigenvalue weighted by atomic mass is 16.5. The molecule has 0 saturated carbocycles. The summed E-state index contributed by atoms with van der Waals surface area (Å²) in [5.74, 6) is 1.70. The predicted molar refractivity (Wildman–Crippen MR) is 89.2 cm³/mol. The minimum atomic E-state index is -0.473. The van der Waals surface area contributed by atoms with Gasteiger partial charge in [0.2, 0.25) is 0 Å². The molecule has 1 fully saturated rings. The summed E-state index contributed by atoms with van der Waals surface area (Å²) in [6.45, 7) is 10.8. The third-order valence-corrected chi connectivity index (χ3v) is 5.41. The Morgan fingerprint density at radius 1 is 1.27 bits per heavy atom. The SMILES string of the molecule is CCc1cccc2c1OC(C)(C)C(N1CCC(C)CC1)C2O. The molecule has 2 aliphatic rings. The van der Waals surface area contributed by atoms with Crippen LogP contribution < -0.4 is 4.74 Å². The van der Waals surface area contributed by atoms with Gasteiger partial charge in [0.1, 0.15) is 17.5 Å². The molecule has 0 spiro atoms. The summed E-state index contributed by atoms with van der Waals surface area (Å²) < 4.78 is 6.40. The molecule has 22 heavy (non-hydrogen) atoms. The van der Waals surface area contributed by atoms with Crippen molar-refractivity contribution in [3.8, 4) is 5.75 Å². The van der Waals surface area contributed by atoms with Crippen molar-refractivity contribution < 1.29 is 9.84 Å². The maximum Gasteiger partial charge on any atom is 0.129 e. The van der Waals surface area contributed by atoms with Crippen LogP contribution in [0.25, 0.3) is 0 Å². The Morgan fingerprint density at radius 3 is 2.59 bits per heavy atom. The quantitative estimate of drug-likeness (QED) is 0.907. The van der Waals surface area contributed by atoms with Gasteiger partial charge in [-0.3, -0.25) is 4.90 Å². The van der Waals surface area contributed by atoms with Gasteiger partial charge in [0.05, 0.1) is 6.04 Å². The Balaban J connectivity index is 1.95. The summed E-state index contributed by atoms with van der Waals surface area (Å²) in [4.78, 5) is 2.44. The summed E-state index contributed by atoms with van der Waals surface area (Å²) in [6.07, 6.45) is 2.87. The van der Waals surface area contributed by atoms with Crippen LogP contribution in [0.2, 0.25) is 0 Å². The lowest BCUT2D eigenvalue weighted by molar-refractivity contribution is -0.0906. The summed E-state index contributed by atoms with van der Waals surface area (Å²) >= 11 is 0. The molecule has 0 aromatic heterocycles. The van der Waals surface area contributed by atoms with Gasteiger partial charge in [0, 0.05) is 5.56 Å². The molecule has 3 heteroatoms. The van der Waals surface area contributed by atoms with E-state index < -0.39 is 6.10 Å². The van der Waals surface area contributed by atoms with Crippen LogP contribution in [0.4, 0.5) is 0 Å². The second-order valence-corrected chi connectivity index (χ2v) is 7.50. The lowest BCUT2D eigenvalue weighted by Crippen LogP contribution is -2.59. The first-order valence-corrected chi connectivity index (χ1v) is 8.67. The van der Waals surface area contributed by atoms with Crippen molar-refractivity contribution in [2.75, 3.05) is 13.1 Å². The van der Waals surface area contributed by atoms with E-state index in [0.29, 0.717) is 0 Å². The zero-order chi connectivity index (χ0) is 15.9. The molecule has 1 N–H and O–H groups in total. The second kappa shape index (κ2) is 5.86. The van der Waals surface area contributed by atoms with Gasteiger partial charge in [-0.05, 0) is 57.7 Å². The summed E-state index contributed by atoms with van der Waals surface area (Å²) in [5, 5.41) is 11.1. The van der Waals surface area contributed by atoms with Crippen LogP contribution in [0.1, 0.15) is 57.8 Å². The molecular formula is C19H29NO2. The van der Waals surface area contributed by atoms with E-state index in [1.165, 1.54) is 18.4 Å². The van der Waals surface area contributed by atoms with Crippen molar-refractivity contribution >= 4 is 0 Å². The van der Waals surface area contributed by atoms with E-state index in [4.69, 9.17) is 4.74 Å². The van der Waals surface area contributed by atoms with E-state index in [0.717, 1.165) is 36.7 Å². The smallest absolute Gasteiger partial charge is 0.129 e. The topological polar surface area (TPSA) is 32.7 Å². The molecular weight excluding hydrogens is 274 g/mol. The maximum atomic E-state index is 11.1. The number of benzene rings is 1. The molecule has 3 rings (SSSR count). The molecule has 2 heterocycles. The van der Waals surface area contributed by atoms with Crippen molar-refractivity contribution in [2.24, 2.45) is 5.92 Å². The summed E-state index contributed by atoms with van der Waals surface area (Å²) in [6, 6.07) is 6.19. The molecule has 2 atom stereocenters. The van der Waals surface area contributed by atoms with Gasteiger partial charge < -0.3 is 9.84 Å². The highest BCUT2D eigenvalue weighted by molar-refractivity contribution is 5.46. The van der Waals surface area contributed by atoms with Crippen molar-refractivity contribution in [3.05, 3.63) is 29.3 Å². The zero-order valence-electron chi connectivity index (χ0n) is 14.3. The number of nitrogens with zero attached hydrogens (tertiary/aromatic N) is 1. The van der Waals surface area contributed by atoms with E-state index in [1.54, 1.807) is 0 Å². The van der Waals surface area contributed by atoms with E-state index >= 15 is 0 Å². The Kier molecular flexibility index (Phi) is 4.21. The lowest BCUT2D eigenvalue weighted by Gasteiger charge is -2.50. The molecule has 1 aromatic rings. The molecule has 1 saturated heterocycles. The number of para-hydroxylation sites is 1. The van der Waals surface area contributed by atoms with Crippen molar-refractivity contribution in [3.63, 3.8) is 0 Å². The van der Waals surface area contributed by atoms with Crippen molar-refractivity contribution in [2.45, 2.75) is 64.7 Å². The molecule has 0 aliphatic carbocycles. The minimum Gasteiger partial charge on any atom is -0.485 e. The van der Waals surface area contributed by atoms with Gasteiger partial charge in [0.25, 0.3) is 0 Å². The number of fused-ring (bicyclic) bond motifs is 1. The van der Waals surface area contributed by atoms with Crippen LogP contribution in [0.15, 0.2) is 18.2 Å². The van der Waals surface area contributed by atoms with Gasteiger partial charge in [-0.15, -0.1) is 0 Å². The van der Waals surface area contributed by atoms with E-state index in [2.05, 4.69) is 38.7 Å². The number of aliphatic hydroxyl groups is 1. The largest absolute Gasteiger partial charge is 0.485 e. The van der Waals surface area contributed by atoms with Crippen LogP contribution in [-0.4, -0.2) is 34.7 Å². The maximum absolute atomic E-state index is 11.1. The highest BCUT2D eigenvalue weighted by Crippen LogP contribution is 2.44. The molecule has 122 valence electrons. The molecule has 0 bridgehead atoms.